The summed E-state index contributed by atoms with van der Waals surface area (Å²) in [5.41, 5.74) is 3.60. The van der Waals surface area contributed by atoms with Gasteiger partial charge < -0.3 is 0 Å². The van der Waals surface area contributed by atoms with Crippen LogP contribution in [0.5, 0.6) is 0 Å². The van der Waals surface area contributed by atoms with Gasteiger partial charge in [-0.25, -0.2) is 0 Å². The molecule has 0 bridgehead atoms. The Morgan fingerprint density at radius 1 is 1.38 bits per heavy atom. The molecule has 2 fully saturated rings. The third kappa shape index (κ3) is 0.168. The molecule has 0 aromatic heterocycles. The summed E-state index contributed by atoms with van der Waals surface area (Å²) in [4.78, 5) is 0. The molecule has 3 rings (SSSR count). The molecule has 3 aliphatic carbocycles. The van der Waals surface area contributed by atoms with Crippen LogP contribution in [-0.4, -0.2) is 0 Å². The molecule has 0 aromatic carbocycles. The zero-order valence-corrected chi connectivity index (χ0v) is 5.31. The number of fused-ring (bicyclic) bond motifs is 4. The second-order valence-electron chi connectivity index (χ2n) is 3.58. The third-order valence-electron chi connectivity index (χ3n) is 3.36. The molecular weight excluding hydrogens is 96.1 g/mol. The van der Waals surface area contributed by atoms with Gasteiger partial charge in [-0.15, -0.1) is 0 Å². The topological polar surface area (TPSA) is 0 Å². The van der Waals surface area contributed by atoms with Gasteiger partial charge in [0.15, 0.2) is 0 Å². The molecule has 0 heterocycles. The fraction of sp³-hybridized carbons (Fsp3) is 0.750. The zero-order chi connectivity index (χ0) is 5.46. The van der Waals surface area contributed by atoms with Gasteiger partial charge in [0.25, 0.3) is 0 Å². The number of hydrogen-bond donors (Lipinski definition) is 0. The molecule has 0 spiro atoms. The van der Waals surface area contributed by atoms with Gasteiger partial charge in [-0.3, -0.25) is 0 Å². The first-order valence-corrected chi connectivity index (χ1v) is 3.53. The molecule has 4 unspecified atom stereocenters. The highest BCUT2D eigenvalue weighted by molar-refractivity contribution is 5.57. The van der Waals surface area contributed by atoms with E-state index in [1.165, 1.54) is 0 Å². The largest absolute Gasteiger partial charge is 0.0657 e. The lowest BCUT2D eigenvalue weighted by atomic mass is 9.99. The SMILES string of the molecule is CC1=C2C1C1C(C)C21. The number of hydrogen-bond acceptors (Lipinski definition) is 0. The van der Waals surface area contributed by atoms with Crippen molar-refractivity contribution in [1.82, 2.24) is 0 Å². The summed E-state index contributed by atoms with van der Waals surface area (Å²) in [6, 6.07) is 0. The summed E-state index contributed by atoms with van der Waals surface area (Å²) >= 11 is 0. The average molecular weight is 106 g/mol. The van der Waals surface area contributed by atoms with Gasteiger partial charge in [0.05, 0.1) is 0 Å². The lowest BCUT2D eigenvalue weighted by Gasteiger charge is -2.04. The highest BCUT2D eigenvalue weighted by Crippen LogP contribution is 2.78. The van der Waals surface area contributed by atoms with Crippen LogP contribution in [0.2, 0.25) is 0 Å². The maximum Gasteiger partial charge on any atom is 0.00498 e. The van der Waals surface area contributed by atoms with E-state index in [1.54, 1.807) is 5.57 Å². The molecule has 8 heavy (non-hydrogen) atoms. The van der Waals surface area contributed by atoms with E-state index in [9.17, 15) is 0 Å². The smallest absolute Gasteiger partial charge is 0.00498 e. The van der Waals surface area contributed by atoms with Crippen molar-refractivity contribution in [3.63, 3.8) is 0 Å². The van der Waals surface area contributed by atoms with E-state index in [-0.39, 0.29) is 0 Å². The summed E-state index contributed by atoms with van der Waals surface area (Å²) < 4.78 is 0. The zero-order valence-electron chi connectivity index (χ0n) is 5.31. The van der Waals surface area contributed by atoms with Crippen LogP contribution in [0, 0.1) is 23.7 Å². The van der Waals surface area contributed by atoms with Gasteiger partial charge >= 0.3 is 0 Å². The molecule has 0 nitrogen and oxygen atoms in total. The van der Waals surface area contributed by atoms with Crippen molar-refractivity contribution in [2.75, 3.05) is 0 Å². The Labute approximate surface area is 49.6 Å². The van der Waals surface area contributed by atoms with Crippen LogP contribution in [0.3, 0.4) is 0 Å². The average Bonchev–Trinajstić information content (AvgIpc) is 2.20. The van der Waals surface area contributed by atoms with Crippen LogP contribution in [0.25, 0.3) is 0 Å². The summed E-state index contributed by atoms with van der Waals surface area (Å²) in [7, 11) is 0. The van der Waals surface area contributed by atoms with Crippen LogP contribution in [0.15, 0.2) is 11.1 Å². The van der Waals surface area contributed by atoms with Crippen LogP contribution in [-0.2, 0) is 0 Å². The second kappa shape index (κ2) is 0.706. The van der Waals surface area contributed by atoms with Crippen molar-refractivity contribution < 1.29 is 0 Å². The minimum Gasteiger partial charge on any atom is -0.0657 e. The summed E-state index contributed by atoms with van der Waals surface area (Å²) in [6.07, 6.45) is 0. The molecule has 0 amide bonds. The van der Waals surface area contributed by atoms with Gasteiger partial charge in [0.1, 0.15) is 0 Å². The van der Waals surface area contributed by atoms with Gasteiger partial charge in [0, 0.05) is 5.92 Å². The molecule has 0 radical (unpaired) electrons. The van der Waals surface area contributed by atoms with Crippen LogP contribution >= 0.6 is 0 Å². The fourth-order valence-electron chi connectivity index (χ4n) is 2.72. The predicted octanol–water partition coefficient (Wildman–Crippen LogP) is 1.83. The van der Waals surface area contributed by atoms with Gasteiger partial charge in [0.2, 0.25) is 0 Å². The van der Waals surface area contributed by atoms with Crippen LogP contribution in [0.4, 0.5) is 0 Å². The standard InChI is InChI=1S/C8H10/c1-3-5-6(3)8-4(2)7(5)8/h3,5-7H,1-2H3. The summed E-state index contributed by atoms with van der Waals surface area (Å²) in [5.74, 6) is 4.37. The summed E-state index contributed by atoms with van der Waals surface area (Å²) in [6.45, 7) is 4.70. The van der Waals surface area contributed by atoms with E-state index in [0.29, 0.717) is 0 Å². The normalized spacial score (nSPS) is 63.8. The number of rotatable bonds is 0. The highest BCUT2D eigenvalue weighted by atomic mass is 14.8. The van der Waals surface area contributed by atoms with Crippen molar-refractivity contribution in [3.8, 4) is 0 Å². The first-order chi connectivity index (χ1) is 3.82. The lowest BCUT2D eigenvalue weighted by molar-refractivity contribution is 0.581. The number of allylic oxidation sites excluding steroid dienone is 2. The molecule has 0 N–H and O–H groups in total. The molecule has 42 valence electrons. The molecule has 2 saturated carbocycles. The Balaban J connectivity index is 2.04. The van der Waals surface area contributed by atoms with Gasteiger partial charge in [-0.1, -0.05) is 18.1 Å². The van der Waals surface area contributed by atoms with Crippen molar-refractivity contribution in [2.45, 2.75) is 13.8 Å². The molecule has 4 atom stereocenters. The Hall–Kier alpha value is -0.260. The van der Waals surface area contributed by atoms with E-state index >= 15 is 0 Å². The molecule has 0 aromatic rings. The monoisotopic (exact) mass is 106 g/mol. The van der Waals surface area contributed by atoms with Crippen molar-refractivity contribution in [3.05, 3.63) is 11.1 Å². The second-order valence-corrected chi connectivity index (χ2v) is 3.58. The highest BCUT2D eigenvalue weighted by Gasteiger charge is 2.71. The molecule has 0 heteroatoms. The minimum absolute atomic E-state index is 1.05. The molecule has 0 aliphatic heterocycles. The first-order valence-electron chi connectivity index (χ1n) is 3.53. The molecule has 0 saturated heterocycles. The van der Waals surface area contributed by atoms with E-state index in [4.69, 9.17) is 0 Å². The fourth-order valence-corrected chi connectivity index (χ4v) is 2.72. The van der Waals surface area contributed by atoms with Gasteiger partial charge in [-0.05, 0) is 24.7 Å². The first kappa shape index (κ1) is 3.71. The van der Waals surface area contributed by atoms with E-state index in [1.807, 2.05) is 5.57 Å². The van der Waals surface area contributed by atoms with E-state index < -0.39 is 0 Å². The van der Waals surface area contributed by atoms with Crippen LogP contribution in [0.1, 0.15) is 13.8 Å². The van der Waals surface area contributed by atoms with Crippen molar-refractivity contribution >= 4 is 0 Å². The van der Waals surface area contributed by atoms with Gasteiger partial charge in [-0.2, -0.15) is 0 Å². The maximum atomic E-state index is 2.39. The maximum absolute atomic E-state index is 2.39. The van der Waals surface area contributed by atoms with E-state index in [0.717, 1.165) is 23.7 Å². The lowest BCUT2D eigenvalue weighted by Crippen LogP contribution is -1.99. The predicted molar refractivity (Wildman–Crippen MR) is 32.3 cm³/mol. The van der Waals surface area contributed by atoms with Crippen LogP contribution < -0.4 is 0 Å². The third-order valence-corrected chi connectivity index (χ3v) is 3.36. The Bertz CT molecular complexity index is 200. The Morgan fingerprint density at radius 2 is 2.12 bits per heavy atom. The molecule has 3 aliphatic rings. The minimum atomic E-state index is 1.05. The van der Waals surface area contributed by atoms with Crippen molar-refractivity contribution in [2.24, 2.45) is 23.7 Å². The Morgan fingerprint density at radius 3 is 2.50 bits per heavy atom. The Kier molecular flexibility index (Phi) is 0.327. The van der Waals surface area contributed by atoms with Crippen molar-refractivity contribution in [1.29, 1.82) is 0 Å². The quantitative estimate of drug-likeness (QED) is 0.413. The van der Waals surface area contributed by atoms with E-state index in [2.05, 4.69) is 13.8 Å². The summed E-state index contributed by atoms with van der Waals surface area (Å²) in [5, 5.41) is 0. The molecular formula is C8H10.